The van der Waals surface area contributed by atoms with Gasteiger partial charge in [0.05, 0.1) is 31.0 Å². The van der Waals surface area contributed by atoms with Crippen molar-refractivity contribution in [3.8, 4) is 11.5 Å². The number of nitrogens with zero attached hydrogens (tertiary/aromatic N) is 5. The van der Waals surface area contributed by atoms with Crippen LogP contribution in [-0.4, -0.2) is 24.5 Å². The molecule has 0 N–H and O–H groups in total. The number of furan rings is 1. The van der Waals surface area contributed by atoms with E-state index in [9.17, 15) is 0 Å². The second-order valence-electron chi connectivity index (χ2n) is 4.59. The first-order valence-electron chi connectivity index (χ1n) is 6.78. The molecule has 0 radical (unpaired) electrons. The van der Waals surface area contributed by atoms with Crippen molar-refractivity contribution in [3.05, 3.63) is 42.3 Å². The van der Waals surface area contributed by atoms with Gasteiger partial charge in [-0.1, -0.05) is 12.1 Å². The summed E-state index contributed by atoms with van der Waals surface area (Å²) in [5.41, 5.74) is 1.87. The number of rotatable bonds is 5. The van der Waals surface area contributed by atoms with Crippen LogP contribution in [0.5, 0.6) is 0 Å². The van der Waals surface area contributed by atoms with Gasteiger partial charge in [-0.3, -0.25) is 0 Å². The minimum Gasteiger partial charge on any atom is -0.459 e. The first-order chi connectivity index (χ1) is 9.80. The summed E-state index contributed by atoms with van der Waals surface area (Å²) in [6.45, 7) is 5.70. The second-order valence-corrected chi connectivity index (χ2v) is 4.59. The van der Waals surface area contributed by atoms with Gasteiger partial charge in [0.25, 0.3) is 0 Å². The van der Waals surface area contributed by atoms with Gasteiger partial charge in [-0.2, -0.15) is 0 Å². The molecule has 3 rings (SSSR count). The van der Waals surface area contributed by atoms with Gasteiger partial charge in [-0.05, 0) is 19.1 Å². The summed E-state index contributed by atoms with van der Waals surface area (Å²) in [5, 5.41) is 8.30. The van der Waals surface area contributed by atoms with Gasteiger partial charge in [-0.25, -0.2) is 9.67 Å². The van der Waals surface area contributed by atoms with Crippen LogP contribution in [0, 0.1) is 0 Å². The lowest BCUT2D eigenvalue weighted by Gasteiger charge is -2.03. The Bertz CT molecular complexity index is 694. The Balaban J connectivity index is 1.80. The molecule has 104 valence electrons. The zero-order chi connectivity index (χ0) is 13.9. The number of imidazole rings is 1. The highest BCUT2D eigenvalue weighted by molar-refractivity contribution is 5.50. The Labute approximate surface area is 117 Å². The van der Waals surface area contributed by atoms with Crippen molar-refractivity contribution in [2.75, 3.05) is 0 Å². The first-order valence-corrected chi connectivity index (χ1v) is 6.78. The lowest BCUT2D eigenvalue weighted by Crippen LogP contribution is -2.06. The number of aryl methyl sites for hydroxylation is 2. The summed E-state index contributed by atoms with van der Waals surface area (Å²) in [7, 11) is 0. The van der Waals surface area contributed by atoms with E-state index in [1.165, 1.54) is 0 Å². The molecule has 6 heteroatoms. The van der Waals surface area contributed by atoms with E-state index in [1.807, 2.05) is 30.9 Å². The van der Waals surface area contributed by atoms with Crippen LogP contribution in [0.1, 0.15) is 25.3 Å². The van der Waals surface area contributed by atoms with E-state index in [2.05, 4.69) is 33.7 Å². The van der Waals surface area contributed by atoms with Crippen molar-refractivity contribution < 1.29 is 4.42 Å². The highest BCUT2D eigenvalue weighted by atomic mass is 16.3. The topological polar surface area (TPSA) is 61.7 Å². The Morgan fingerprint density at radius 2 is 2.15 bits per heavy atom. The van der Waals surface area contributed by atoms with Gasteiger partial charge < -0.3 is 8.98 Å². The number of hydrogen-bond acceptors (Lipinski definition) is 4. The third kappa shape index (κ3) is 2.36. The lowest BCUT2D eigenvalue weighted by atomic mass is 10.3. The van der Waals surface area contributed by atoms with Crippen molar-refractivity contribution >= 4 is 0 Å². The molecular formula is C14H17N5O. The molecular weight excluding hydrogens is 254 g/mol. The van der Waals surface area contributed by atoms with Crippen molar-refractivity contribution in [2.45, 2.75) is 33.4 Å². The molecule has 0 saturated heterocycles. The van der Waals surface area contributed by atoms with Crippen LogP contribution in [0.4, 0.5) is 0 Å². The maximum Gasteiger partial charge on any atom is 0.156 e. The van der Waals surface area contributed by atoms with Gasteiger partial charge in [-0.15, -0.1) is 5.10 Å². The normalized spacial score (nSPS) is 11.1. The van der Waals surface area contributed by atoms with Crippen LogP contribution in [0.3, 0.4) is 0 Å². The predicted octanol–water partition coefficient (Wildman–Crippen LogP) is 2.37. The van der Waals surface area contributed by atoms with Gasteiger partial charge in [0.15, 0.2) is 5.76 Å². The first kappa shape index (κ1) is 12.7. The SMILES string of the molecule is CCc1ccc(-c2cn(Cc3cncn3CC)nn2)o1. The monoisotopic (exact) mass is 271 g/mol. The molecule has 0 spiro atoms. The highest BCUT2D eigenvalue weighted by Gasteiger charge is 2.09. The van der Waals surface area contributed by atoms with Crippen LogP contribution in [0.2, 0.25) is 0 Å². The second kappa shape index (κ2) is 5.32. The third-order valence-electron chi connectivity index (χ3n) is 3.26. The minimum atomic E-state index is 0.655. The Morgan fingerprint density at radius 1 is 1.25 bits per heavy atom. The summed E-state index contributed by atoms with van der Waals surface area (Å²) >= 11 is 0. The fraction of sp³-hybridized carbons (Fsp3) is 0.357. The predicted molar refractivity (Wildman–Crippen MR) is 74.1 cm³/mol. The number of hydrogen-bond donors (Lipinski definition) is 0. The molecule has 0 fully saturated rings. The molecule has 0 aliphatic heterocycles. The van der Waals surface area contributed by atoms with Crippen LogP contribution in [-0.2, 0) is 19.5 Å². The fourth-order valence-electron chi connectivity index (χ4n) is 2.12. The molecule has 3 heterocycles. The van der Waals surface area contributed by atoms with Gasteiger partial charge in [0.1, 0.15) is 11.5 Å². The van der Waals surface area contributed by atoms with Crippen LogP contribution >= 0.6 is 0 Å². The fourth-order valence-corrected chi connectivity index (χ4v) is 2.12. The summed E-state index contributed by atoms with van der Waals surface area (Å²) in [5.74, 6) is 1.72. The molecule has 6 nitrogen and oxygen atoms in total. The Hall–Kier alpha value is -2.37. The van der Waals surface area contributed by atoms with Gasteiger partial charge in [0, 0.05) is 13.0 Å². The highest BCUT2D eigenvalue weighted by Crippen LogP contribution is 2.20. The zero-order valence-corrected chi connectivity index (χ0v) is 11.7. The largest absolute Gasteiger partial charge is 0.459 e. The Morgan fingerprint density at radius 3 is 2.90 bits per heavy atom. The maximum atomic E-state index is 5.68. The summed E-state index contributed by atoms with van der Waals surface area (Å²) in [4.78, 5) is 4.15. The summed E-state index contributed by atoms with van der Waals surface area (Å²) in [6.07, 6.45) is 6.45. The molecule has 0 amide bonds. The molecule has 0 bridgehead atoms. The third-order valence-corrected chi connectivity index (χ3v) is 3.26. The zero-order valence-electron chi connectivity index (χ0n) is 11.7. The standard InChI is InChI=1S/C14H17N5O/c1-3-12-5-6-14(20-12)13-9-19(17-16-13)8-11-7-15-10-18(11)4-2/h5-7,9-10H,3-4,8H2,1-2H3. The minimum absolute atomic E-state index is 0.655. The molecule has 0 saturated carbocycles. The molecule has 0 aliphatic carbocycles. The molecule has 0 unspecified atom stereocenters. The molecule has 3 aromatic heterocycles. The van der Waals surface area contributed by atoms with Crippen molar-refractivity contribution in [1.82, 2.24) is 24.5 Å². The van der Waals surface area contributed by atoms with Gasteiger partial charge in [0.2, 0.25) is 0 Å². The van der Waals surface area contributed by atoms with E-state index in [0.717, 1.165) is 35.9 Å². The molecule has 0 aliphatic rings. The van der Waals surface area contributed by atoms with Gasteiger partial charge >= 0.3 is 0 Å². The van der Waals surface area contributed by atoms with Crippen LogP contribution < -0.4 is 0 Å². The average Bonchev–Trinajstić information content (AvgIpc) is 3.18. The van der Waals surface area contributed by atoms with E-state index in [4.69, 9.17) is 4.42 Å². The maximum absolute atomic E-state index is 5.68. The lowest BCUT2D eigenvalue weighted by molar-refractivity contribution is 0.527. The number of aromatic nitrogens is 5. The van der Waals surface area contributed by atoms with Crippen LogP contribution in [0.25, 0.3) is 11.5 Å². The Kier molecular flexibility index (Phi) is 3.37. The molecule has 0 atom stereocenters. The average molecular weight is 271 g/mol. The summed E-state index contributed by atoms with van der Waals surface area (Å²) in [6, 6.07) is 3.91. The van der Waals surface area contributed by atoms with E-state index in [1.54, 1.807) is 4.68 Å². The molecule has 3 aromatic rings. The van der Waals surface area contributed by atoms with E-state index in [-0.39, 0.29) is 0 Å². The van der Waals surface area contributed by atoms with Crippen molar-refractivity contribution in [3.63, 3.8) is 0 Å². The van der Waals surface area contributed by atoms with Crippen molar-refractivity contribution in [2.24, 2.45) is 0 Å². The molecule has 0 aromatic carbocycles. The summed E-state index contributed by atoms with van der Waals surface area (Å²) < 4.78 is 9.56. The smallest absolute Gasteiger partial charge is 0.156 e. The van der Waals surface area contributed by atoms with Crippen LogP contribution in [0.15, 0.2) is 35.3 Å². The molecule has 20 heavy (non-hydrogen) atoms. The quantitative estimate of drug-likeness (QED) is 0.714. The van der Waals surface area contributed by atoms with E-state index >= 15 is 0 Å². The van der Waals surface area contributed by atoms with Crippen molar-refractivity contribution in [1.29, 1.82) is 0 Å². The van der Waals surface area contributed by atoms with E-state index < -0.39 is 0 Å². The van der Waals surface area contributed by atoms with E-state index in [0.29, 0.717) is 6.54 Å².